The maximum atomic E-state index is 12.2. The third kappa shape index (κ3) is 4.71. The maximum Gasteiger partial charge on any atom is 0.277 e. The van der Waals surface area contributed by atoms with E-state index in [9.17, 15) is 4.79 Å². The van der Waals surface area contributed by atoms with Crippen LogP contribution in [0.4, 0.5) is 0 Å². The van der Waals surface area contributed by atoms with Crippen LogP contribution >= 0.6 is 27.5 Å². The van der Waals surface area contributed by atoms with Gasteiger partial charge in [0.05, 0.1) is 17.8 Å². The molecule has 3 rings (SSSR count). The topological polar surface area (TPSA) is 59.9 Å². The quantitative estimate of drug-likeness (QED) is 0.383. The van der Waals surface area contributed by atoms with E-state index >= 15 is 0 Å². The normalized spacial score (nSPS) is 11.1. The zero-order valence-electron chi connectivity index (χ0n) is 16.3. The van der Waals surface area contributed by atoms with Gasteiger partial charge in [0.2, 0.25) is 0 Å². The molecule has 150 valence electrons. The number of hydrazone groups is 1. The van der Waals surface area contributed by atoms with Crippen molar-refractivity contribution in [2.75, 3.05) is 13.7 Å². The fourth-order valence-corrected chi connectivity index (χ4v) is 3.63. The molecule has 0 unspecified atom stereocenters. The van der Waals surface area contributed by atoms with Gasteiger partial charge in [-0.1, -0.05) is 41.9 Å². The molecule has 0 radical (unpaired) electrons. The fourth-order valence-electron chi connectivity index (χ4n) is 2.94. The highest BCUT2D eigenvalue weighted by Crippen LogP contribution is 2.35. The molecule has 5 nitrogen and oxygen atoms in total. The van der Waals surface area contributed by atoms with Gasteiger partial charge in [-0.25, -0.2) is 5.43 Å². The molecule has 0 heterocycles. The van der Waals surface area contributed by atoms with Crippen molar-refractivity contribution in [3.8, 4) is 11.5 Å². The van der Waals surface area contributed by atoms with Gasteiger partial charge in [0.15, 0.2) is 6.61 Å². The van der Waals surface area contributed by atoms with E-state index in [4.69, 9.17) is 21.1 Å². The number of hydrogen-bond acceptors (Lipinski definition) is 4. The Kier molecular flexibility index (Phi) is 6.77. The second kappa shape index (κ2) is 9.29. The van der Waals surface area contributed by atoms with Gasteiger partial charge in [-0.05, 0) is 63.8 Å². The Labute approximate surface area is 182 Å². The lowest BCUT2D eigenvalue weighted by molar-refractivity contribution is -0.123. The minimum Gasteiger partial charge on any atom is -0.496 e. The van der Waals surface area contributed by atoms with Crippen molar-refractivity contribution in [2.24, 2.45) is 5.10 Å². The summed E-state index contributed by atoms with van der Waals surface area (Å²) in [5.41, 5.74) is 5.02. The van der Waals surface area contributed by atoms with E-state index in [1.54, 1.807) is 19.4 Å². The summed E-state index contributed by atoms with van der Waals surface area (Å²) in [5.74, 6) is 0.853. The number of methoxy groups -OCH3 is 1. The zero-order valence-corrected chi connectivity index (χ0v) is 18.6. The monoisotopic (exact) mass is 474 g/mol. The van der Waals surface area contributed by atoms with Crippen molar-refractivity contribution >= 4 is 50.4 Å². The summed E-state index contributed by atoms with van der Waals surface area (Å²) in [6, 6.07) is 13.5. The summed E-state index contributed by atoms with van der Waals surface area (Å²) in [6.45, 7) is 3.59. The Bertz CT molecular complexity index is 1100. The van der Waals surface area contributed by atoms with Crippen LogP contribution in [0.2, 0.25) is 5.02 Å². The van der Waals surface area contributed by atoms with Crippen molar-refractivity contribution in [1.82, 2.24) is 5.43 Å². The minimum absolute atomic E-state index is 0.177. The van der Waals surface area contributed by atoms with Gasteiger partial charge in [0, 0.05) is 10.6 Å². The molecular weight excluding hydrogens is 456 g/mol. The minimum atomic E-state index is -0.377. The molecule has 29 heavy (non-hydrogen) atoms. The number of carbonyl (C=O) groups excluding carboxylic acids is 1. The molecule has 1 N–H and O–H groups in total. The molecule has 0 aliphatic heterocycles. The smallest absolute Gasteiger partial charge is 0.277 e. The molecule has 0 spiro atoms. The van der Waals surface area contributed by atoms with Crippen LogP contribution < -0.4 is 14.9 Å². The lowest BCUT2D eigenvalue weighted by Gasteiger charge is -2.12. The summed E-state index contributed by atoms with van der Waals surface area (Å²) in [7, 11) is 1.60. The summed E-state index contributed by atoms with van der Waals surface area (Å²) in [5, 5.41) is 6.78. The highest BCUT2D eigenvalue weighted by atomic mass is 79.9. The summed E-state index contributed by atoms with van der Waals surface area (Å²) < 4.78 is 11.8. The maximum absolute atomic E-state index is 12.2. The highest BCUT2D eigenvalue weighted by molar-refractivity contribution is 9.10. The number of amides is 1. The number of rotatable bonds is 6. The largest absolute Gasteiger partial charge is 0.496 e. The van der Waals surface area contributed by atoms with E-state index in [1.807, 2.05) is 50.2 Å². The van der Waals surface area contributed by atoms with E-state index in [1.165, 1.54) is 0 Å². The lowest BCUT2D eigenvalue weighted by atomic mass is 10.0. The summed E-state index contributed by atoms with van der Waals surface area (Å²) >= 11 is 9.67. The molecule has 0 aliphatic rings. The Morgan fingerprint density at radius 1 is 1.21 bits per heavy atom. The number of fused-ring (bicyclic) bond motifs is 1. The van der Waals surface area contributed by atoms with Crippen LogP contribution in [0.1, 0.15) is 16.7 Å². The lowest BCUT2D eigenvalue weighted by Crippen LogP contribution is -2.24. The number of benzene rings is 3. The molecule has 0 fully saturated rings. The van der Waals surface area contributed by atoms with Crippen LogP contribution in [0.15, 0.2) is 52.0 Å². The second-order valence-corrected chi connectivity index (χ2v) is 7.60. The van der Waals surface area contributed by atoms with Gasteiger partial charge in [-0.3, -0.25) is 4.79 Å². The number of nitrogens with one attached hydrogen (secondary N) is 1. The molecule has 7 heteroatoms. The second-order valence-electron chi connectivity index (χ2n) is 6.43. The van der Waals surface area contributed by atoms with E-state index in [0.717, 1.165) is 31.9 Å². The van der Waals surface area contributed by atoms with Crippen LogP contribution in [-0.4, -0.2) is 25.8 Å². The molecule has 3 aromatic rings. The van der Waals surface area contributed by atoms with Crippen molar-refractivity contribution < 1.29 is 14.3 Å². The predicted molar refractivity (Wildman–Crippen MR) is 120 cm³/mol. The first kappa shape index (κ1) is 21.1. The molecule has 0 saturated carbocycles. The fraction of sp³-hybridized carbons (Fsp3) is 0.182. The third-order valence-corrected chi connectivity index (χ3v) is 6.03. The first-order valence-corrected chi connectivity index (χ1v) is 10.0. The van der Waals surface area contributed by atoms with Crippen molar-refractivity contribution in [3.63, 3.8) is 0 Å². The first-order valence-electron chi connectivity index (χ1n) is 8.88. The molecule has 0 aliphatic carbocycles. The average molecular weight is 476 g/mol. The van der Waals surface area contributed by atoms with E-state index < -0.39 is 0 Å². The molecular formula is C22H20BrClN2O3. The van der Waals surface area contributed by atoms with Gasteiger partial charge < -0.3 is 9.47 Å². The Hall–Kier alpha value is -2.57. The van der Waals surface area contributed by atoms with E-state index in [0.29, 0.717) is 16.5 Å². The number of nitrogens with zero attached hydrogens (tertiary/aromatic N) is 1. The van der Waals surface area contributed by atoms with E-state index in [2.05, 4.69) is 26.5 Å². The summed E-state index contributed by atoms with van der Waals surface area (Å²) in [6.07, 6.45) is 1.57. The number of aryl methyl sites for hydroxylation is 1. The van der Waals surface area contributed by atoms with Gasteiger partial charge in [-0.15, -0.1) is 0 Å². The molecule has 0 saturated heterocycles. The van der Waals surface area contributed by atoms with Crippen LogP contribution in [0.5, 0.6) is 11.5 Å². The van der Waals surface area contributed by atoms with Crippen LogP contribution in [0.3, 0.4) is 0 Å². The third-order valence-electron chi connectivity index (χ3n) is 4.46. The average Bonchev–Trinajstić information content (AvgIpc) is 2.73. The highest BCUT2D eigenvalue weighted by Gasteiger charge is 2.12. The Morgan fingerprint density at radius 2 is 1.97 bits per heavy atom. The van der Waals surface area contributed by atoms with Crippen LogP contribution in [0, 0.1) is 13.8 Å². The molecule has 1 amide bonds. The van der Waals surface area contributed by atoms with Gasteiger partial charge in [0.25, 0.3) is 5.91 Å². The van der Waals surface area contributed by atoms with Gasteiger partial charge in [-0.2, -0.15) is 5.10 Å². The molecule has 3 aromatic carbocycles. The SMILES string of the molecule is COc1ccc2ccccc2c1/C=N/NC(=O)COc1cc(C)c(Cl)c(C)c1Br. The van der Waals surface area contributed by atoms with Crippen molar-refractivity contribution in [3.05, 3.63) is 68.7 Å². The standard InChI is InChI=1S/C22H20BrClN2O3/c1-13-10-19(21(23)14(2)22(13)24)29-12-20(27)26-25-11-17-16-7-5-4-6-15(16)8-9-18(17)28-3/h4-11H,12H2,1-3H3,(H,26,27)/b25-11+. The van der Waals surface area contributed by atoms with E-state index in [-0.39, 0.29) is 12.5 Å². The number of hydrogen-bond donors (Lipinski definition) is 1. The van der Waals surface area contributed by atoms with Gasteiger partial charge >= 0.3 is 0 Å². The summed E-state index contributed by atoms with van der Waals surface area (Å²) in [4.78, 5) is 12.2. The predicted octanol–water partition coefficient (Wildman–Crippen LogP) is 5.41. The van der Waals surface area contributed by atoms with Gasteiger partial charge in [0.1, 0.15) is 11.5 Å². The van der Waals surface area contributed by atoms with Crippen molar-refractivity contribution in [2.45, 2.75) is 13.8 Å². The van der Waals surface area contributed by atoms with Crippen LogP contribution in [-0.2, 0) is 4.79 Å². The zero-order chi connectivity index (χ0) is 21.0. The van der Waals surface area contributed by atoms with Crippen LogP contribution in [0.25, 0.3) is 10.8 Å². The number of carbonyl (C=O) groups is 1. The first-order chi connectivity index (χ1) is 13.9. The molecule has 0 aromatic heterocycles. The Morgan fingerprint density at radius 3 is 2.72 bits per heavy atom. The number of ether oxygens (including phenoxy) is 2. The molecule has 0 bridgehead atoms. The Balaban J connectivity index is 1.69. The van der Waals surface area contributed by atoms with Crippen molar-refractivity contribution in [1.29, 1.82) is 0 Å². The molecule has 0 atom stereocenters. The number of halogens is 2.